The van der Waals surface area contributed by atoms with Gasteiger partial charge in [0.05, 0.1) is 0 Å². The number of nitrogens with one attached hydrogen (secondary N) is 1. The Hall–Kier alpha value is -1.78. The molecule has 2 nitrogen and oxygen atoms in total. The Kier molecular flexibility index (Phi) is 5.50. The number of halogens is 3. The number of ether oxygens (including phenoxy) is 1. The lowest BCUT2D eigenvalue weighted by atomic mass is 9.90. The molecular formula is C18H22F3NO. The van der Waals surface area contributed by atoms with Gasteiger partial charge in [-0.1, -0.05) is 31.1 Å². The second-order valence-corrected chi connectivity index (χ2v) is 5.90. The van der Waals surface area contributed by atoms with Gasteiger partial charge in [0, 0.05) is 11.3 Å². The number of allylic oxidation sites excluding steroid dienone is 6. The van der Waals surface area contributed by atoms with Gasteiger partial charge in [-0.15, -0.1) is 13.2 Å². The number of hydrogen-bond donors (Lipinski definition) is 1. The van der Waals surface area contributed by atoms with E-state index in [9.17, 15) is 13.2 Å². The highest BCUT2D eigenvalue weighted by Gasteiger charge is 2.32. The van der Waals surface area contributed by atoms with E-state index < -0.39 is 6.36 Å². The molecule has 5 heteroatoms. The van der Waals surface area contributed by atoms with Crippen LogP contribution in [-0.4, -0.2) is 12.1 Å². The minimum Gasteiger partial charge on any atom is -0.406 e. The van der Waals surface area contributed by atoms with Crippen molar-refractivity contribution in [2.75, 3.05) is 0 Å². The molecule has 1 N–H and O–H groups in total. The van der Waals surface area contributed by atoms with E-state index in [1.165, 1.54) is 43.6 Å². The fraction of sp³-hybridized carbons (Fsp3) is 0.500. The zero-order chi connectivity index (χ0) is 17.0. The summed E-state index contributed by atoms with van der Waals surface area (Å²) in [6.45, 7) is 5.21. The van der Waals surface area contributed by atoms with Crippen LogP contribution in [0.3, 0.4) is 0 Å². The molecule has 0 aromatic heterocycles. The molecule has 1 saturated carbocycles. The van der Waals surface area contributed by atoms with Gasteiger partial charge in [0.1, 0.15) is 5.76 Å². The highest BCUT2D eigenvalue weighted by Crippen LogP contribution is 2.41. The van der Waals surface area contributed by atoms with Gasteiger partial charge in [0.2, 0.25) is 0 Å². The minimum atomic E-state index is -4.73. The molecule has 0 bridgehead atoms. The Labute approximate surface area is 134 Å². The first-order chi connectivity index (χ1) is 10.9. The topological polar surface area (TPSA) is 33.1 Å². The van der Waals surface area contributed by atoms with Crippen LogP contribution in [0.1, 0.15) is 45.4 Å². The maximum Gasteiger partial charge on any atom is 0.573 e. The van der Waals surface area contributed by atoms with Gasteiger partial charge in [-0.05, 0) is 56.3 Å². The van der Waals surface area contributed by atoms with Crippen LogP contribution in [0, 0.1) is 11.3 Å². The summed E-state index contributed by atoms with van der Waals surface area (Å²) in [7, 11) is 0. The molecule has 0 radical (unpaired) electrons. The second kappa shape index (κ2) is 7.20. The van der Waals surface area contributed by atoms with Crippen molar-refractivity contribution in [1.82, 2.24) is 0 Å². The van der Waals surface area contributed by atoms with Crippen LogP contribution in [-0.2, 0) is 4.74 Å². The zero-order valence-electron chi connectivity index (χ0n) is 13.3. The Morgan fingerprint density at radius 2 is 1.91 bits per heavy atom. The molecule has 126 valence electrons. The van der Waals surface area contributed by atoms with Crippen LogP contribution in [0.2, 0.25) is 0 Å². The Bertz CT molecular complexity index is 576. The number of hydrogen-bond acceptors (Lipinski definition) is 2. The summed E-state index contributed by atoms with van der Waals surface area (Å²) in [5.74, 6) is 0.180. The summed E-state index contributed by atoms with van der Waals surface area (Å²) in [4.78, 5) is 0. The molecule has 0 saturated heterocycles. The third-order valence-corrected chi connectivity index (χ3v) is 4.44. The average Bonchev–Trinajstić information content (AvgIpc) is 3.11. The molecule has 0 aromatic carbocycles. The van der Waals surface area contributed by atoms with Gasteiger partial charge < -0.3 is 10.1 Å². The van der Waals surface area contributed by atoms with Crippen molar-refractivity contribution in [1.29, 1.82) is 5.41 Å². The van der Waals surface area contributed by atoms with Gasteiger partial charge in [-0.2, -0.15) is 0 Å². The molecule has 23 heavy (non-hydrogen) atoms. The third kappa shape index (κ3) is 4.36. The lowest BCUT2D eigenvalue weighted by Gasteiger charge is -2.16. The average molecular weight is 325 g/mol. The Balaban J connectivity index is 2.37. The molecular weight excluding hydrogens is 303 g/mol. The predicted molar refractivity (Wildman–Crippen MR) is 85.1 cm³/mol. The van der Waals surface area contributed by atoms with Gasteiger partial charge in [-0.3, -0.25) is 0 Å². The first-order valence-corrected chi connectivity index (χ1v) is 7.93. The van der Waals surface area contributed by atoms with Crippen molar-refractivity contribution in [3.8, 4) is 0 Å². The van der Waals surface area contributed by atoms with Crippen molar-refractivity contribution >= 4 is 5.71 Å². The van der Waals surface area contributed by atoms with Gasteiger partial charge >= 0.3 is 6.36 Å². The molecule has 0 atom stereocenters. The number of rotatable bonds is 5. The van der Waals surface area contributed by atoms with Gasteiger partial charge in [-0.25, -0.2) is 0 Å². The molecule has 2 aliphatic rings. The Morgan fingerprint density at radius 3 is 2.43 bits per heavy atom. The fourth-order valence-corrected chi connectivity index (χ4v) is 3.44. The molecule has 0 aliphatic heterocycles. The van der Waals surface area contributed by atoms with Gasteiger partial charge in [0.15, 0.2) is 0 Å². The van der Waals surface area contributed by atoms with Crippen LogP contribution in [0.25, 0.3) is 0 Å². The lowest BCUT2D eigenvalue weighted by molar-refractivity contribution is -0.303. The van der Waals surface area contributed by atoms with Crippen molar-refractivity contribution < 1.29 is 17.9 Å². The molecule has 0 spiro atoms. The third-order valence-electron chi connectivity index (χ3n) is 4.44. The molecule has 2 aliphatic carbocycles. The molecule has 0 heterocycles. The van der Waals surface area contributed by atoms with E-state index in [1.807, 2.05) is 0 Å². The summed E-state index contributed by atoms with van der Waals surface area (Å²) in [5.41, 5.74) is 3.02. The zero-order valence-corrected chi connectivity index (χ0v) is 13.3. The first kappa shape index (κ1) is 17.6. The number of alkyl halides is 3. The summed E-state index contributed by atoms with van der Waals surface area (Å²) in [5, 5.41) is 8.19. The smallest absolute Gasteiger partial charge is 0.406 e. The largest absolute Gasteiger partial charge is 0.573 e. The van der Waals surface area contributed by atoms with Crippen molar-refractivity contribution in [2.24, 2.45) is 5.92 Å². The highest BCUT2D eigenvalue weighted by atomic mass is 19.4. The van der Waals surface area contributed by atoms with Gasteiger partial charge in [0.25, 0.3) is 0 Å². The van der Waals surface area contributed by atoms with E-state index in [1.54, 1.807) is 0 Å². The maximum atomic E-state index is 12.5. The summed E-state index contributed by atoms with van der Waals surface area (Å²) in [6.07, 6.45) is 5.45. The molecule has 0 aromatic rings. The standard InChI is InChI=1S/C18H22F3NO/c1-3-12(11-14(4-2)23-18(19,20)21)17-15(9-10-16(17)22)13-7-5-6-8-13/h3-4,11,13,22H,1,5-10H2,2H3/b12-11+,14-4+,22-16?. The minimum absolute atomic E-state index is 0.273. The summed E-state index contributed by atoms with van der Waals surface area (Å²) in [6, 6.07) is 0. The van der Waals surface area contributed by atoms with Crippen LogP contribution in [0.5, 0.6) is 0 Å². The fourth-order valence-electron chi connectivity index (χ4n) is 3.44. The predicted octanol–water partition coefficient (Wildman–Crippen LogP) is 5.84. The first-order valence-electron chi connectivity index (χ1n) is 7.93. The quantitative estimate of drug-likeness (QED) is 0.500. The van der Waals surface area contributed by atoms with E-state index in [0.717, 1.165) is 24.8 Å². The Morgan fingerprint density at radius 1 is 1.26 bits per heavy atom. The van der Waals surface area contributed by atoms with Crippen LogP contribution >= 0.6 is 0 Å². The molecule has 0 amide bonds. The maximum absolute atomic E-state index is 12.5. The van der Waals surface area contributed by atoms with E-state index in [4.69, 9.17) is 5.41 Å². The highest BCUT2D eigenvalue weighted by molar-refractivity contribution is 6.05. The lowest BCUT2D eigenvalue weighted by Crippen LogP contribution is -2.12. The molecule has 0 unspecified atom stereocenters. The van der Waals surface area contributed by atoms with Crippen molar-refractivity contribution in [2.45, 2.75) is 51.8 Å². The van der Waals surface area contributed by atoms with Crippen LogP contribution < -0.4 is 0 Å². The second-order valence-electron chi connectivity index (χ2n) is 5.90. The monoisotopic (exact) mass is 325 g/mol. The van der Waals surface area contributed by atoms with E-state index in [-0.39, 0.29) is 5.76 Å². The van der Waals surface area contributed by atoms with Crippen LogP contribution in [0.15, 0.2) is 47.3 Å². The SMILES string of the molecule is C=C/C(=C\C(=C/C)OC(F)(F)F)C1=C(C2CCCC2)CCC1=N. The van der Waals surface area contributed by atoms with Crippen LogP contribution in [0.4, 0.5) is 13.2 Å². The van der Waals surface area contributed by atoms with E-state index >= 15 is 0 Å². The van der Waals surface area contributed by atoms with Crippen molar-refractivity contribution in [3.05, 3.63) is 47.3 Å². The van der Waals surface area contributed by atoms with E-state index in [0.29, 0.717) is 23.6 Å². The normalized spacial score (nSPS) is 21.3. The van der Waals surface area contributed by atoms with E-state index in [2.05, 4.69) is 11.3 Å². The van der Waals surface area contributed by atoms with Crippen molar-refractivity contribution in [3.63, 3.8) is 0 Å². The summed E-state index contributed by atoms with van der Waals surface area (Å²) < 4.78 is 41.4. The molecule has 1 fully saturated rings. The summed E-state index contributed by atoms with van der Waals surface area (Å²) >= 11 is 0. The molecule has 2 rings (SSSR count).